The van der Waals surface area contributed by atoms with Crippen LogP contribution in [0.4, 0.5) is 0 Å². The van der Waals surface area contributed by atoms with Crippen molar-refractivity contribution in [2.45, 2.75) is 65.3 Å². The lowest BCUT2D eigenvalue weighted by molar-refractivity contribution is -0.237. The van der Waals surface area contributed by atoms with Gasteiger partial charge < -0.3 is 20.4 Å². The number of hydrogen-bond acceptors (Lipinski definition) is 5. The summed E-state index contributed by atoms with van der Waals surface area (Å²) in [6.07, 6.45) is 0.758. The third-order valence-corrected chi connectivity index (χ3v) is 7.66. The molecule has 0 amide bonds. The topological polar surface area (TPSA) is 98.0 Å². The van der Waals surface area contributed by atoms with Crippen LogP contribution in [0, 0.1) is 29.1 Å². The van der Waals surface area contributed by atoms with Crippen LogP contribution < -0.4 is 0 Å². The van der Waals surface area contributed by atoms with Gasteiger partial charge in [0.05, 0.1) is 18.3 Å². The molecular weight excluding hydrogens is 332 g/mol. The largest absolute Gasteiger partial charge is 0.392 e. The molecule has 0 aromatic carbocycles. The summed E-state index contributed by atoms with van der Waals surface area (Å²) in [5.74, 6) is -2.19. The first-order valence-electron chi connectivity index (χ1n) is 9.39. The third-order valence-electron chi connectivity index (χ3n) is 7.66. The molecule has 5 nitrogen and oxygen atoms in total. The van der Waals surface area contributed by atoms with E-state index in [4.69, 9.17) is 0 Å². The highest BCUT2D eigenvalue weighted by atomic mass is 16.3. The molecule has 0 aliphatic heterocycles. The van der Waals surface area contributed by atoms with Gasteiger partial charge in [0.15, 0.2) is 5.78 Å². The number of aliphatic hydroxyl groups is 4. The van der Waals surface area contributed by atoms with E-state index in [1.165, 1.54) is 0 Å². The van der Waals surface area contributed by atoms with E-state index in [0.29, 0.717) is 11.1 Å². The van der Waals surface area contributed by atoms with Crippen molar-refractivity contribution in [1.82, 2.24) is 0 Å². The highest BCUT2D eigenvalue weighted by molar-refractivity contribution is 6.04. The summed E-state index contributed by atoms with van der Waals surface area (Å²) in [5, 5.41) is 43.4. The molecule has 4 N–H and O–H groups in total. The zero-order valence-electron chi connectivity index (χ0n) is 16.8. The lowest BCUT2D eigenvalue weighted by Crippen LogP contribution is -2.68. The molecule has 148 valence electrons. The van der Waals surface area contributed by atoms with E-state index in [1.54, 1.807) is 19.9 Å². The molecule has 0 spiro atoms. The second-order valence-electron chi connectivity index (χ2n) is 9.16. The van der Waals surface area contributed by atoms with E-state index in [9.17, 15) is 25.2 Å². The molecule has 2 aliphatic rings. The summed E-state index contributed by atoms with van der Waals surface area (Å²) in [4.78, 5) is 12.8. The van der Waals surface area contributed by atoms with Gasteiger partial charge in [-0.15, -0.1) is 0 Å². The molecule has 26 heavy (non-hydrogen) atoms. The summed E-state index contributed by atoms with van der Waals surface area (Å²) in [6.45, 7) is 14.7. The molecule has 0 saturated heterocycles. The van der Waals surface area contributed by atoms with Crippen molar-refractivity contribution in [2.75, 3.05) is 6.61 Å². The lowest BCUT2D eigenvalue weighted by Gasteiger charge is -2.60. The third kappa shape index (κ3) is 2.71. The summed E-state index contributed by atoms with van der Waals surface area (Å²) < 4.78 is 0. The van der Waals surface area contributed by atoms with E-state index in [0.717, 1.165) is 0 Å². The fourth-order valence-corrected chi connectivity index (χ4v) is 5.17. The predicted octanol–water partition coefficient (Wildman–Crippen LogP) is 1.84. The van der Waals surface area contributed by atoms with Crippen LogP contribution in [0.1, 0.15) is 48.0 Å². The SMILES string of the molecule is C=C(CO)C[C@]1(O)C(=O)C(C)=C[C@H]1[C@@]1(O)[C@H](C)[C@@H](O)C(C)C(C)(C)[C@@H]1C. The number of carbonyl (C=O) groups is 1. The minimum absolute atomic E-state index is 0.0459. The van der Waals surface area contributed by atoms with E-state index in [1.807, 2.05) is 27.7 Å². The van der Waals surface area contributed by atoms with Gasteiger partial charge in [0.1, 0.15) is 5.60 Å². The molecule has 2 rings (SSSR count). The Morgan fingerprint density at radius 3 is 2.23 bits per heavy atom. The fourth-order valence-electron chi connectivity index (χ4n) is 5.17. The van der Waals surface area contributed by atoms with Crippen molar-refractivity contribution < 1.29 is 25.2 Å². The Kier molecular flexibility index (Phi) is 5.37. The van der Waals surface area contributed by atoms with Gasteiger partial charge in [-0.25, -0.2) is 0 Å². The first kappa shape index (κ1) is 21.3. The monoisotopic (exact) mass is 366 g/mol. The van der Waals surface area contributed by atoms with Crippen molar-refractivity contribution in [3.8, 4) is 0 Å². The van der Waals surface area contributed by atoms with Crippen LogP contribution in [0.5, 0.6) is 0 Å². The Morgan fingerprint density at radius 1 is 1.19 bits per heavy atom. The van der Waals surface area contributed by atoms with Crippen molar-refractivity contribution in [2.24, 2.45) is 29.1 Å². The Balaban J connectivity index is 2.61. The molecule has 5 heteroatoms. The summed E-state index contributed by atoms with van der Waals surface area (Å²) >= 11 is 0. The number of Topliss-reactive ketones (excluding diaryl/α,β-unsaturated/α-hetero) is 1. The van der Waals surface area contributed by atoms with Crippen LogP contribution in [0.2, 0.25) is 0 Å². The van der Waals surface area contributed by atoms with Crippen LogP contribution in [0.3, 0.4) is 0 Å². The first-order valence-corrected chi connectivity index (χ1v) is 9.39. The van der Waals surface area contributed by atoms with E-state index in [2.05, 4.69) is 6.58 Å². The minimum atomic E-state index is -1.86. The molecule has 0 aromatic heterocycles. The van der Waals surface area contributed by atoms with Crippen LogP contribution in [0.25, 0.3) is 0 Å². The summed E-state index contributed by atoms with van der Waals surface area (Å²) in [5.41, 5.74) is -3.02. The van der Waals surface area contributed by atoms with Gasteiger partial charge in [-0.3, -0.25) is 4.79 Å². The van der Waals surface area contributed by atoms with Gasteiger partial charge in [0.2, 0.25) is 0 Å². The smallest absolute Gasteiger partial charge is 0.190 e. The van der Waals surface area contributed by atoms with Crippen LogP contribution in [0.15, 0.2) is 23.8 Å². The van der Waals surface area contributed by atoms with Gasteiger partial charge in [-0.1, -0.05) is 47.3 Å². The van der Waals surface area contributed by atoms with Gasteiger partial charge in [0, 0.05) is 18.3 Å². The average Bonchev–Trinajstić information content (AvgIpc) is 2.81. The standard InChI is InChI=1S/C21H34O5/c1-11(10-22)9-20(25)16(8-12(2)18(20)24)21(26)14(4)17(23)13(3)19(6,7)15(21)5/h8,13-17,22-23,25-26H,1,9-10H2,2-7H3/t13?,14-,15+,16-,17+,20-,21-/m1/s1. The molecule has 0 heterocycles. The Bertz CT molecular complexity index is 636. The maximum Gasteiger partial charge on any atom is 0.190 e. The highest BCUT2D eigenvalue weighted by Crippen LogP contribution is 2.58. The number of rotatable bonds is 4. The first-order chi connectivity index (χ1) is 11.8. The molecule has 0 aromatic rings. The number of carbonyl (C=O) groups excluding carboxylic acids is 1. The quantitative estimate of drug-likeness (QED) is 0.569. The zero-order valence-corrected chi connectivity index (χ0v) is 16.8. The Hall–Kier alpha value is -1.01. The Morgan fingerprint density at radius 2 is 1.73 bits per heavy atom. The second kappa shape index (κ2) is 6.55. The minimum Gasteiger partial charge on any atom is -0.392 e. The lowest BCUT2D eigenvalue weighted by atomic mass is 9.48. The van der Waals surface area contributed by atoms with Crippen molar-refractivity contribution in [3.05, 3.63) is 23.8 Å². The molecule has 1 fully saturated rings. The fraction of sp³-hybridized carbons (Fsp3) is 0.762. The van der Waals surface area contributed by atoms with Gasteiger partial charge in [-0.2, -0.15) is 0 Å². The molecular formula is C21H34O5. The van der Waals surface area contributed by atoms with Crippen molar-refractivity contribution >= 4 is 5.78 Å². The summed E-state index contributed by atoms with van der Waals surface area (Å²) in [7, 11) is 0. The predicted molar refractivity (Wildman–Crippen MR) is 100 cm³/mol. The van der Waals surface area contributed by atoms with Gasteiger partial charge >= 0.3 is 0 Å². The molecule has 7 atom stereocenters. The normalized spacial score (nSPS) is 45.5. The van der Waals surface area contributed by atoms with E-state index >= 15 is 0 Å². The van der Waals surface area contributed by atoms with Crippen LogP contribution >= 0.6 is 0 Å². The number of hydrogen-bond donors (Lipinski definition) is 4. The van der Waals surface area contributed by atoms with Crippen LogP contribution in [-0.2, 0) is 4.79 Å². The molecule has 1 saturated carbocycles. The summed E-state index contributed by atoms with van der Waals surface area (Å²) in [6, 6.07) is 0. The Labute approximate surface area is 156 Å². The van der Waals surface area contributed by atoms with Crippen LogP contribution in [-0.4, -0.2) is 50.1 Å². The maximum absolute atomic E-state index is 12.8. The average molecular weight is 366 g/mol. The molecule has 1 unspecified atom stereocenters. The molecule has 0 bridgehead atoms. The molecule has 2 aliphatic carbocycles. The zero-order chi connectivity index (χ0) is 20.2. The van der Waals surface area contributed by atoms with E-state index in [-0.39, 0.29) is 24.9 Å². The second-order valence-corrected chi connectivity index (χ2v) is 9.16. The number of ketones is 1. The van der Waals surface area contributed by atoms with Gasteiger partial charge in [-0.05, 0) is 35.3 Å². The van der Waals surface area contributed by atoms with Crippen molar-refractivity contribution in [1.29, 1.82) is 0 Å². The van der Waals surface area contributed by atoms with E-state index < -0.39 is 40.3 Å². The maximum atomic E-state index is 12.8. The van der Waals surface area contributed by atoms with Crippen molar-refractivity contribution in [3.63, 3.8) is 0 Å². The highest BCUT2D eigenvalue weighted by Gasteiger charge is 2.66. The molecule has 0 radical (unpaired) electrons. The number of aliphatic hydroxyl groups excluding tert-OH is 2. The van der Waals surface area contributed by atoms with Gasteiger partial charge in [0.25, 0.3) is 0 Å².